The molecule has 74 valence electrons. The fourth-order valence-electron chi connectivity index (χ4n) is 1.76. The minimum absolute atomic E-state index is 0.169. The van der Waals surface area contributed by atoms with Crippen molar-refractivity contribution in [1.82, 2.24) is 0 Å². The van der Waals surface area contributed by atoms with Crippen molar-refractivity contribution in [3.8, 4) is 0 Å². The van der Waals surface area contributed by atoms with Crippen LogP contribution in [0.4, 0.5) is 0 Å². The summed E-state index contributed by atoms with van der Waals surface area (Å²) in [5.41, 5.74) is 1.16. The van der Waals surface area contributed by atoms with E-state index in [2.05, 4.69) is 11.4 Å². The normalized spacial score (nSPS) is 37.3. The lowest BCUT2D eigenvalue weighted by molar-refractivity contribution is -0.0366. The fraction of sp³-hybridized carbons (Fsp3) is 0.778. The van der Waals surface area contributed by atoms with Gasteiger partial charge in [-0.15, -0.1) is 0 Å². The zero-order chi connectivity index (χ0) is 9.26. The van der Waals surface area contributed by atoms with E-state index in [9.17, 15) is 0 Å². The maximum Gasteiger partial charge on any atom is 0.0913 e. The number of hydrogen-bond acceptors (Lipinski definition) is 4. The average molecular weight is 185 g/mol. The Morgan fingerprint density at radius 1 is 1.54 bits per heavy atom. The van der Waals surface area contributed by atoms with Crippen molar-refractivity contribution < 1.29 is 14.3 Å². The van der Waals surface area contributed by atoms with E-state index in [-0.39, 0.29) is 6.10 Å². The first-order valence-electron chi connectivity index (χ1n) is 4.55. The Kier molecular flexibility index (Phi) is 2.64. The van der Waals surface area contributed by atoms with Gasteiger partial charge in [-0.25, -0.2) is 5.90 Å². The summed E-state index contributed by atoms with van der Waals surface area (Å²) in [5, 5.41) is 0. The standard InChI is InChI=1S/C9H15NO3/c1-6-4-7(8-5-12-8)9(6)11-2-3-13-10/h7-9H,1-5,10H2. The third-order valence-corrected chi connectivity index (χ3v) is 2.62. The number of rotatable bonds is 5. The van der Waals surface area contributed by atoms with Gasteiger partial charge in [-0.2, -0.15) is 0 Å². The van der Waals surface area contributed by atoms with Crippen molar-refractivity contribution in [2.45, 2.75) is 18.6 Å². The van der Waals surface area contributed by atoms with Gasteiger partial charge in [-0.1, -0.05) is 6.58 Å². The van der Waals surface area contributed by atoms with Gasteiger partial charge in [0.05, 0.1) is 32.0 Å². The highest BCUT2D eigenvalue weighted by molar-refractivity contribution is 5.19. The van der Waals surface area contributed by atoms with Gasteiger partial charge in [0.15, 0.2) is 0 Å². The molecule has 1 saturated carbocycles. The summed E-state index contributed by atoms with van der Waals surface area (Å²) < 4.78 is 10.8. The van der Waals surface area contributed by atoms with E-state index in [1.807, 2.05) is 0 Å². The molecule has 0 aromatic rings. The second-order valence-corrected chi connectivity index (χ2v) is 3.56. The molecule has 2 fully saturated rings. The van der Waals surface area contributed by atoms with Crippen molar-refractivity contribution in [3.63, 3.8) is 0 Å². The Morgan fingerprint density at radius 3 is 2.85 bits per heavy atom. The van der Waals surface area contributed by atoms with E-state index in [0.717, 1.165) is 18.6 Å². The monoisotopic (exact) mass is 185 g/mol. The van der Waals surface area contributed by atoms with Crippen LogP contribution in [0.2, 0.25) is 0 Å². The molecule has 2 N–H and O–H groups in total. The highest BCUT2D eigenvalue weighted by atomic mass is 16.6. The molecule has 3 unspecified atom stereocenters. The lowest BCUT2D eigenvalue weighted by atomic mass is 9.75. The van der Waals surface area contributed by atoms with Gasteiger partial charge in [-0.05, 0) is 12.0 Å². The van der Waals surface area contributed by atoms with E-state index >= 15 is 0 Å². The molecule has 2 rings (SSSR count). The van der Waals surface area contributed by atoms with Gasteiger partial charge < -0.3 is 14.3 Å². The van der Waals surface area contributed by atoms with Crippen molar-refractivity contribution in [2.75, 3.05) is 19.8 Å². The van der Waals surface area contributed by atoms with Gasteiger partial charge in [0, 0.05) is 5.92 Å². The van der Waals surface area contributed by atoms with Crippen LogP contribution in [0, 0.1) is 5.92 Å². The third-order valence-electron chi connectivity index (χ3n) is 2.62. The van der Waals surface area contributed by atoms with Crippen LogP contribution in [0.5, 0.6) is 0 Å². The van der Waals surface area contributed by atoms with Crippen molar-refractivity contribution in [3.05, 3.63) is 12.2 Å². The Balaban J connectivity index is 1.72. The first kappa shape index (κ1) is 9.15. The van der Waals surface area contributed by atoms with Gasteiger partial charge in [0.25, 0.3) is 0 Å². The van der Waals surface area contributed by atoms with Crippen LogP contribution in [-0.4, -0.2) is 32.0 Å². The van der Waals surface area contributed by atoms with Crippen LogP contribution in [0.15, 0.2) is 12.2 Å². The van der Waals surface area contributed by atoms with Crippen LogP contribution in [0.1, 0.15) is 6.42 Å². The molecule has 1 aliphatic carbocycles. The zero-order valence-electron chi connectivity index (χ0n) is 7.57. The average Bonchev–Trinajstić information content (AvgIpc) is 2.91. The predicted molar refractivity (Wildman–Crippen MR) is 46.9 cm³/mol. The second-order valence-electron chi connectivity index (χ2n) is 3.56. The topological polar surface area (TPSA) is 57.0 Å². The molecule has 1 aliphatic heterocycles. The summed E-state index contributed by atoms with van der Waals surface area (Å²) in [6.45, 7) is 5.77. The molecular weight excluding hydrogens is 170 g/mol. The van der Waals surface area contributed by atoms with Crippen LogP contribution < -0.4 is 5.90 Å². The molecule has 2 aliphatic rings. The number of hydrogen-bond donors (Lipinski definition) is 1. The molecule has 1 saturated heterocycles. The highest BCUT2D eigenvalue weighted by Gasteiger charge is 2.46. The van der Waals surface area contributed by atoms with Gasteiger partial charge in [0.2, 0.25) is 0 Å². The Bertz CT molecular complexity index is 203. The van der Waals surface area contributed by atoms with E-state index < -0.39 is 0 Å². The van der Waals surface area contributed by atoms with E-state index in [1.165, 1.54) is 0 Å². The largest absolute Gasteiger partial charge is 0.373 e. The van der Waals surface area contributed by atoms with Crippen molar-refractivity contribution in [2.24, 2.45) is 11.8 Å². The SMILES string of the molecule is C=C1CC(C2CO2)C1OCCON. The summed E-state index contributed by atoms with van der Waals surface area (Å²) in [5.74, 6) is 5.41. The molecule has 0 aromatic heterocycles. The summed E-state index contributed by atoms with van der Waals surface area (Å²) in [7, 11) is 0. The molecule has 0 bridgehead atoms. The van der Waals surface area contributed by atoms with E-state index in [1.54, 1.807) is 0 Å². The predicted octanol–water partition coefficient (Wildman–Crippen LogP) is 0.237. The molecule has 0 spiro atoms. The maximum absolute atomic E-state index is 5.56. The molecule has 0 aromatic carbocycles. The molecular formula is C9H15NO3. The molecule has 4 heteroatoms. The molecule has 3 atom stereocenters. The molecule has 13 heavy (non-hydrogen) atoms. The second kappa shape index (κ2) is 3.75. The molecule has 4 nitrogen and oxygen atoms in total. The van der Waals surface area contributed by atoms with E-state index in [4.69, 9.17) is 15.4 Å². The number of epoxide rings is 1. The van der Waals surface area contributed by atoms with Crippen LogP contribution in [0.25, 0.3) is 0 Å². The van der Waals surface area contributed by atoms with Gasteiger partial charge in [-0.3, -0.25) is 0 Å². The Morgan fingerprint density at radius 2 is 2.31 bits per heavy atom. The van der Waals surface area contributed by atoms with Crippen LogP contribution in [-0.2, 0) is 14.3 Å². The number of nitrogens with two attached hydrogens (primary N) is 1. The summed E-state index contributed by atoms with van der Waals surface area (Å²) in [4.78, 5) is 4.42. The fourth-order valence-corrected chi connectivity index (χ4v) is 1.76. The third kappa shape index (κ3) is 1.91. The Labute approximate surface area is 77.6 Å². The van der Waals surface area contributed by atoms with Crippen molar-refractivity contribution in [1.29, 1.82) is 0 Å². The number of ether oxygens (including phenoxy) is 2. The summed E-state index contributed by atoms with van der Waals surface area (Å²) >= 11 is 0. The van der Waals surface area contributed by atoms with Gasteiger partial charge in [0.1, 0.15) is 0 Å². The first-order chi connectivity index (χ1) is 6.33. The Hall–Kier alpha value is -0.420. The quantitative estimate of drug-likeness (QED) is 0.288. The molecule has 0 amide bonds. The van der Waals surface area contributed by atoms with Crippen molar-refractivity contribution >= 4 is 0 Å². The first-order valence-corrected chi connectivity index (χ1v) is 4.55. The smallest absolute Gasteiger partial charge is 0.0913 e. The van der Waals surface area contributed by atoms with Crippen LogP contribution in [0.3, 0.4) is 0 Å². The minimum Gasteiger partial charge on any atom is -0.373 e. The maximum atomic E-state index is 5.56. The molecule has 0 radical (unpaired) electrons. The molecule has 1 heterocycles. The lowest BCUT2D eigenvalue weighted by Crippen LogP contribution is -2.40. The summed E-state index contributed by atoms with van der Waals surface area (Å²) in [6.07, 6.45) is 1.62. The highest BCUT2D eigenvalue weighted by Crippen LogP contribution is 2.42. The zero-order valence-corrected chi connectivity index (χ0v) is 7.57. The van der Waals surface area contributed by atoms with E-state index in [0.29, 0.717) is 25.2 Å². The van der Waals surface area contributed by atoms with Gasteiger partial charge >= 0.3 is 0 Å². The summed E-state index contributed by atoms with van der Waals surface area (Å²) in [6, 6.07) is 0. The van der Waals surface area contributed by atoms with Crippen LogP contribution >= 0.6 is 0 Å². The lowest BCUT2D eigenvalue weighted by Gasteiger charge is -2.37. The minimum atomic E-state index is 0.169.